The van der Waals surface area contributed by atoms with Gasteiger partial charge in [0.2, 0.25) is 10.0 Å². The van der Waals surface area contributed by atoms with Crippen molar-refractivity contribution in [2.45, 2.75) is 30.8 Å². The van der Waals surface area contributed by atoms with Gasteiger partial charge >= 0.3 is 0 Å². The van der Waals surface area contributed by atoms with Gasteiger partial charge in [0.25, 0.3) is 5.69 Å². The number of aliphatic hydroxyl groups is 1. The van der Waals surface area contributed by atoms with E-state index in [1.54, 1.807) is 6.92 Å². The summed E-state index contributed by atoms with van der Waals surface area (Å²) in [7, 11) is -3.87. The molecule has 0 aliphatic carbocycles. The Balaban J connectivity index is 2.95. The van der Waals surface area contributed by atoms with Crippen molar-refractivity contribution in [3.63, 3.8) is 0 Å². The molecular formula is C11H16N2O5S. The van der Waals surface area contributed by atoms with Gasteiger partial charge in [0.05, 0.1) is 15.4 Å². The van der Waals surface area contributed by atoms with Crippen LogP contribution >= 0.6 is 0 Å². The van der Waals surface area contributed by atoms with Crippen LogP contribution in [-0.2, 0) is 10.0 Å². The minimum absolute atomic E-state index is 0.158. The molecule has 7 nitrogen and oxygen atoms in total. The third-order valence-electron chi connectivity index (χ3n) is 2.74. The third-order valence-corrected chi connectivity index (χ3v) is 4.14. The summed E-state index contributed by atoms with van der Waals surface area (Å²) in [6, 6.07) is 4.74. The van der Waals surface area contributed by atoms with E-state index in [-0.39, 0.29) is 17.1 Å². The predicted octanol–water partition coefficient (Wildman–Crippen LogP) is 1.03. The quantitative estimate of drug-likeness (QED) is 0.600. The molecule has 0 aliphatic rings. The number of hydrogen-bond donors (Lipinski definition) is 2. The first kappa shape index (κ1) is 15.5. The number of benzene rings is 1. The van der Waals surface area contributed by atoms with Crippen molar-refractivity contribution < 1.29 is 18.4 Å². The van der Waals surface area contributed by atoms with Crippen LogP contribution in [0, 0.1) is 10.1 Å². The first-order valence-corrected chi connectivity index (χ1v) is 7.13. The second-order valence-corrected chi connectivity index (χ2v) is 6.20. The van der Waals surface area contributed by atoms with Crippen molar-refractivity contribution in [2.24, 2.45) is 0 Å². The van der Waals surface area contributed by atoms with Crippen molar-refractivity contribution >= 4 is 15.7 Å². The van der Waals surface area contributed by atoms with E-state index >= 15 is 0 Å². The molecule has 0 aromatic heterocycles. The highest BCUT2D eigenvalue weighted by Gasteiger charge is 2.23. The molecule has 19 heavy (non-hydrogen) atoms. The number of hydrogen-bond acceptors (Lipinski definition) is 5. The molecule has 1 aromatic rings. The van der Waals surface area contributed by atoms with Gasteiger partial charge in [-0.2, -0.15) is 0 Å². The van der Waals surface area contributed by atoms with Crippen LogP contribution in [0.3, 0.4) is 0 Å². The Kier molecular flexibility index (Phi) is 4.61. The highest BCUT2D eigenvalue weighted by Crippen LogP contribution is 2.17. The summed E-state index contributed by atoms with van der Waals surface area (Å²) in [5, 5.41) is 20.3. The fraction of sp³-hybridized carbons (Fsp3) is 0.455. The summed E-state index contributed by atoms with van der Waals surface area (Å²) in [6.07, 6.45) is 0.379. The van der Waals surface area contributed by atoms with Crippen LogP contribution in [0.25, 0.3) is 0 Å². The molecule has 106 valence electrons. The molecule has 2 N–H and O–H groups in total. The summed E-state index contributed by atoms with van der Waals surface area (Å²) in [4.78, 5) is 9.73. The van der Waals surface area contributed by atoms with Crippen LogP contribution in [0.4, 0.5) is 5.69 Å². The van der Waals surface area contributed by atoms with Gasteiger partial charge in [-0.05, 0) is 19.4 Å². The van der Waals surface area contributed by atoms with Crippen LogP contribution in [0.5, 0.6) is 0 Å². The first-order chi connectivity index (χ1) is 8.68. The smallest absolute Gasteiger partial charge is 0.270 e. The summed E-state index contributed by atoms with van der Waals surface area (Å²) in [5.41, 5.74) is -1.46. The van der Waals surface area contributed by atoms with Gasteiger partial charge < -0.3 is 5.11 Å². The van der Waals surface area contributed by atoms with Gasteiger partial charge in [-0.25, -0.2) is 13.1 Å². The predicted molar refractivity (Wildman–Crippen MR) is 69.2 cm³/mol. The van der Waals surface area contributed by atoms with E-state index in [0.717, 1.165) is 6.07 Å². The lowest BCUT2D eigenvalue weighted by molar-refractivity contribution is -0.385. The fourth-order valence-corrected chi connectivity index (χ4v) is 2.42. The zero-order valence-electron chi connectivity index (χ0n) is 10.7. The van der Waals surface area contributed by atoms with Gasteiger partial charge in [-0.1, -0.05) is 13.0 Å². The molecule has 1 unspecified atom stereocenters. The van der Waals surface area contributed by atoms with E-state index in [4.69, 9.17) is 0 Å². The maximum Gasteiger partial charge on any atom is 0.270 e. The molecule has 1 aromatic carbocycles. The molecule has 0 amide bonds. The van der Waals surface area contributed by atoms with E-state index < -0.39 is 20.5 Å². The Bertz CT molecular complexity index is 568. The summed E-state index contributed by atoms with van der Waals surface area (Å²) in [5.74, 6) is 0. The molecule has 0 fully saturated rings. The number of rotatable bonds is 6. The number of non-ortho nitro benzene ring substituents is 1. The van der Waals surface area contributed by atoms with Gasteiger partial charge in [0.1, 0.15) is 0 Å². The molecule has 8 heteroatoms. The zero-order chi connectivity index (χ0) is 14.7. The number of nitrogens with zero attached hydrogens (tertiary/aromatic N) is 1. The fourth-order valence-electron chi connectivity index (χ4n) is 1.22. The van der Waals surface area contributed by atoms with Gasteiger partial charge in [-0.15, -0.1) is 0 Å². The highest BCUT2D eigenvalue weighted by atomic mass is 32.2. The third kappa shape index (κ3) is 4.27. The van der Waals surface area contributed by atoms with Gasteiger partial charge in [0.15, 0.2) is 0 Å². The zero-order valence-corrected chi connectivity index (χ0v) is 11.5. The number of nitrogens with one attached hydrogen (secondary N) is 1. The molecule has 0 saturated carbocycles. The van der Waals surface area contributed by atoms with Crippen molar-refractivity contribution in [1.29, 1.82) is 0 Å². The Labute approximate surface area is 111 Å². The molecular weight excluding hydrogens is 272 g/mol. The first-order valence-electron chi connectivity index (χ1n) is 5.64. The van der Waals surface area contributed by atoms with Crippen LogP contribution in [0.15, 0.2) is 29.2 Å². The highest BCUT2D eigenvalue weighted by molar-refractivity contribution is 7.89. The second-order valence-electron chi connectivity index (χ2n) is 4.43. The van der Waals surface area contributed by atoms with Crippen LogP contribution in [0.1, 0.15) is 20.3 Å². The van der Waals surface area contributed by atoms with Crippen molar-refractivity contribution in [2.75, 3.05) is 6.54 Å². The average Bonchev–Trinajstić information content (AvgIpc) is 2.37. The number of sulfonamides is 1. The molecule has 0 radical (unpaired) electrons. The lowest BCUT2D eigenvalue weighted by Crippen LogP contribution is -2.40. The van der Waals surface area contributed by atoms with Crippen LogP contribution in [0.2, 0.25) is 0 Å². The Hall–Kier alpha value is -1.51. The lowest BCUT2D eigenvalue weighted by Gasteiger charge is -2.21. The normalized spacial score (nSPS) is 14.9. The Morgan fingerprint density at radius 2 is 2.11 bits per heavy atom. The van der Waals surface area contributed by atoms with E-state index in [9.17, 15) is 23.6 Å². The maximum absolute atomic E-state index is 11.9. The molecule has 0 spiro atoms. The van der Waals surface area contributed by atoms with Crippen molar-refractivity contribution in [3.8, 4) is 0 Å². The monoisotopic (exact) mass is 288 g/mol. The maximum atomic E-state index is 11.9. The van der Waals surface area contributed by atoms with E-state index in [2.05, 4.69) is 4.72 Å². The molecule has 0 saturated heterocycles. The SMILES string of the molecule is CCC(C)(O)CNS(=O)(=O)c1cccc([N+](=O)[O-])c1. The molecule has 1 rings (SSSR count). The second kappa shape index (κ2) is 5.64. The lowest BCUT2D eigenvalue weighted by atomic mass is 10.1. The Morgan fingerprint density at radius 1 is 1.47 bits per heavy atom. The number of nitro benzene ring substituents is 1. The molecule has 0 bridgehead atoms. The topological polar surface area (TPSA) is 110 Å². The average molecular weight is 288 g/mol. The summed E-state index contributed by atoms with van der Waals surface area (Å²) >= 11 is 0. The molecule has 1 atom stereocenters. The van der Waals surface area contributed by atoms with E-state index in [1.165, 1.54) is 25.1 Å². The van der Waals surface area contributed by atoms with Crippen LogP contribution in [-0.4, -0.2) is 30.6 Å². The Morgan fingerprint density at radius 3 is 2.63 bits per heavy atom. The van der Waals surface area contributed by atoms with E-state index in [0.29, 0.717) is 6.42 Å². The standard InChI is InChI=1S/C11H16N2O5S/c1-3-11(2,14)8-12-19(17,18)10-6-4-5-9(7-10)13(15)16/h4-7,12,14H,3,8H2,1-2H3. The largest absolute Gasteiger partial charge is 0.389 e. The number of nitro groups is 1. The summed E-state index contributed by atoms with van der Waals surface area (Å²) < 4.78 is 26.1. The minimum atomic E-state index is -3.87. The van der Waals surface area contributed by atoms with Crippen LogP contribution < -0.4 is 4.72 Å². The molecule has 0 heterocycles. The van der Waals surface area contributed by atoms with Gasteiger partial charge in [-0.3, -0.25) is 10.1 Å². The van der Waals surface area contributed by atoms with Crippen molar-refractivity contribution in [1.82, 2.24) is 4.72 Å². The summed E-state index contributed by atoms with van der Waals surface area (Å²) in [6.45, 7) is 3.07. The van der Waals surface area contributed by atoms with Gasteiger partial charge in [0, 0.05) is 18.7 Å². The van der Waals surface area contributed by atoms with E-state index in [1.807, 2.05) is 0 Å². The molecule has 0 aliphatic heterocycles. The minimum Gasteiger partial charge on any atom is -0.389 e. The van der Waals surface area contributed by atoms with Crippen molar-refractivity contribution in [3.05, 3.63) is 34.4 Å².